The molecule has 1 fully saturated rings. The molecule has 3 rings (SSSR count). The minimum absolute atomic E-state index is 0.123. The second-order valence-electron chi connectivity index (χ2n) is 5.86. The lowest BCUT2D eigenvalue weighted by atomic mass is 10.1. The van der Waals surface area contributed by atoms with E-state index in [2.05, 4.69) is 17.3 Å². The Morgan fingerprint density at radius 3 is 2.67 bits per heavy atom. The van der Waals surface area contributed by atoms with Crippen LogP contribution in [0.2, 0.25) is 0 Å². The van der Waals surface area contributed by atoms with Crippen molar-refractivity contribution in [3.63, 3.8) is 0 Å². The quantitative estimate of drug-likeness (QED) is 0.867. The Kier molecular flexibility index (Phi) is 3.53. The number of hydrogen-bond acceptors (Lipinski definition) is 3. The van der Waals surface area contributed by atoms with Crippen molar-refractivity contribution in [3.8, 4) is 0 Å². The van der Waals surface area contributed by atoms with Crippen LogP contribution >= 0.6 is 0 Å². The van der Waals surface area contributed by atoms with E-state index in [0.717, 1.165) is 23.4 Å². The molecule has 1 aromatic carbocycles. The molecular formula is C17H20N2O2. The first-order valence-corrected chi connectivity index (χ1v) is 7.29. The van der Waals surface area contributed by atoms with Crippen LogP contribution in [0, 0.1) is 19.8 Å². The monoisotopic (exact) mass is 284 g/mol. The van der Waals surface area contributed by atoms with Crippen LogP contribution in [0.25, 0.3) is 0 Å². The summed E-state index contributed by atoms with van der Waals surface area (Å²) in [5, 5.41) is 3.94. The van der Waals surface area contributed by atoms with Gasteiger partial charge in [0.1, 0.15) is 5.76 Å². The van der Waals surface area contributed by atoms with Crippen LogP contribution in [0.3, 0.4) is 0 Å². The van der Waals surface area contributed by atoms with Crippen LogP contribution in [-0.2, 0) is 11.3 Å². The van der Waals surface area contributed by atoms with Gasteiger partial charge in [0.2, 0.25) is 5.91 Å². The molecule has 1 aliphatic rings. The molecule has 0 N–H and O–H groups in total. The number of nitrogens with zero attached hydrogens (tertiary/aromatic N) is 2. The highest BCUT2D eigenvalue weighted by atomic mass is 16.5. The first-order chi connectivity index (χ1) is 10.1. The average Bonchev–Trinajstić information content (AvgIpc) is 3.24. The van der Waals surface area contributed by atoms with Crippen molar-refractivity contribution in [3.05, 3.63) is 52.9 Å². The first-order valence-electron chi connectivity index (χ1n) is 7.29. The summed E-state index contributed by atoms with van der Waals surface area (Å²) in [5.74, 6) is 1.51. The smallest absolute Gasteiger partial charge is 0.226 e. The third-order valence-electron chi connectivity index (χ3n) is 4.29. The molecular weight excluding hydrogens is 264 g/mol. The molecule has 0 aliphatic heterocycles. The number of aryl methyl sites for hydroxylation is 2. The molecule has 0 radical (unpaired) electrons. The third kappa shape index (κ3) is 2.71. The van der Waals surface area contributed by atoms with E-state index in [1.165, 1.54) is 5.56 Å². The molecule has 110 valence electrons. The van der Waals surface area contributed by atoms with Gasteiger partial charge in [0.25, 0.3) is 0 Å². The standard InChI is InChI=1S/C17H20N2O2/c1-11-16(12(2)21-18-11)10-19(3)17(20)15-9-14(15)13-7-5-4-6-8-13/h4-8,14-15H,9-10H2,1-3H3/t14-,15-/m0/s1. The van der Waals surface area contributed by atoms with Gasteiger partial charge < -0.3 is 9.42 Å². The Morgan fingerprint density at radius 2 is 2.05 bits per heavy atom. The van der Waals surface area contributed by atoms with Gasteiger partial charge in [-0.15, -0.1) is 0 Å². The molecule has 4 nitrogen and oxygen atoms in total. The number of carbonyl (C=O) groups is 1. The van der Waals surface area contributed by atoms with Crippen molar-refractivity contribution in [1.29, 1.82) is 0 Å². The highest BCUT2D eigenvalue weighted by molar-refractivity contribution is 5.82. The van der Waals surface area contributed by atoms with Crippen LogP contribution in [-0.4, -0.2) is 23.0 Å². The minimum atomic E-state index is 0.123. The highest BCUT2D eigenvalue weighted by Gasteiger charge is 2.45. The fraction of sp³-hybridized carbons (Fsp3) is 0.412. The van der Waals surface area contributed by atoms with Gasteiger partial charge in [0, 0.05) is 18.5 Å². The number of benzene rings is 1. The molecule has 0 bridgehead atoms. The molecule has 1 amide bonds. The molecule has 1 heterocycles. The fourth-order valence-corrected chi connectivity index (χ4v) is 2.86. The van der Waals surface area contributed by atoms with Crippen LogP contribution < -0.4 is 0 Å². The normalized spacial score (nSPS) is 20.3. The van der Waals surface area contributed by atoms with Crippen molar-refractivity contribution in [2.75, 3.05) is 7.05 Å². The summed E-state index contributed by atoms with van der Waals surface area (Å²) in [7, 11) is 1.86. The number of amides is 1. The van der Waals surface area contributed by atoms with E-state index < -0.39 is 0 Å². The summed E-state index contributed by atoms with van der Waals surface area (Å²) in [6.45, 7) is 4.36. The van der Waals surface area contributed by atoms with E-state index >= 15 is 0 Å². The predicted octanol–water partition coefficient (Wildman–Crippen LogP) is 3.05. The maximum absolute atomic E-state index is 12.5. The Bertz CT molecular complexity index is 629. The van der Waals surface area contributed by atoms with Crippen molar-refractivity contribution >= 4 is 5.91 Å². The SMILES string of the molecule is Cc1noc(C)c1CN(C)C(=O)[C@H]1C[C@H]1c1ccccc1. The summed E-state index contributed by atoms with van der Waals surface area (Å²) < 4.78 is 5.15. The molecule has 1 saturated carbocycles. The van der Waals surface area contributed by atoms with E-state index in [0.29, 0.717) is 12.5 Å². The van der Waals surface area contributed by atoms with E-state index in [-0.39, 0.29) is 11.8 Å². The zero-order valence-corrected chi connectivity index (χ0v) is 12.7. The second kappa shape index (κ2) is 5.35. The molecule has 1 aromatic heterocycles. The fourth-order valence-electron chi connectivity index (χ4n) is 2.86. The van der Waals surface area contributed by atoms with Gasteiger partial charge in [0.05, 0.1) is 12.2 Å². The van der Waals surface area contributed by atoms with E-state index in [1.54, 1.807) is 4.90 Å². The summed E-state index contributed by atoms with van der Waals surface area (Å²) in [4.78, 5) is 14.3. The Hall–Kier alpha value is -2.10. The third-order valence-corrected chi connectivity index (χ3v) is 4.29. The number of rotatable bonds is 4. The second-order valence-corrected chi connectivity index (χ2v) is 5.86. The zero-order valence-electron chi connectivity index (χ0n) is 12.7. The van der Waals surface area contributed by atoms with E-state index in [9.17, 15) is 4.79 Å². The van der Waals surface area contributed by atoms with Crippen LogP contribution in [0.1, 0.15) is 34.9 Å². The number of carbonyl (C=O) groups excluding carboxylic acids is 1. The van der Waals surface area contributed by atoms with Crippen molar-refractivity contribution in [2.45, 2.75) is 32.7 Å². The number of aromatic nitrogens is 1. The molecule has 0 spiro atoms. The summed E-state index contributed by atoms with van der Waals surface area (Å²) in [5.41, 5.74) is 3.15. The lowest BCUT2D eigenvalue weighted by molar-refractivity contribution is -0.131. The van der Waals surface area contributed by atoms with E-state index in [4.69, 9.17) is 4.52 Å². The van der Waals surface area contributed by atoms with Gasteiger partial charge in [-0.3, -0.25) is 4.79 Å². The predicted molar refractivity (Wildman–Crippen MR) is 79.7 cm³/mol. The number of hydrogen-bond donors (Lipinski definition) is 0. The maximum Gasteiger partial charge on any atom is 0.226 e. The Balaban J connectivity index is 1.64. The van der Waals surface area contributed by atoms with Crippen LogP contribution in [0.5, 0.6) is 0 Å². The Labute approximate surface area is 124 Å². The molecule has 0 saturated heterocycles. The van der Waals surface area contributed by atoms with Crippen LogP contribution in [0.15, 0.2) is 34.9 Å². The summed E-state index contributed by atoms with van der Waals surface area (Å²) in [6, 6.07) is 10.3. The lowest BCUT2D eigenvalue weighted by Crippen LogP contribution is -2.28. The topological polar surface area (TPSA) is 46.3 Å². The molecule has 2 atom stereocenters. The van der Waals surface area contributed by atoms with Gasteiger partial charge >= 0.3 is 0 Å². The lowest BCUT2D eigenvalue weighted by Gasteiger charge is -2.17. The van der Waals surface area contributed by atoms with Crippen molar-refractivity contribution < 1.29 is 9.32 Å². The van der Waals surface area contributed by atoms with Crippen molar-refractivity contribution in [2.24, 2.45) is 5.92 Å². The molecule has 0 unspecified atom stereocenters. The van der Waals surface area contributed by atoms with Gasteiger partial charge in [0.15, 0.2) is 0 Å². The van der Waals surface area contributed by atoms with Crippen molar-refractivity contribution in [1.82, 2.24) is 10.1 Å². The molecule has 21 heavy (non-hydrogen) atoms. The molecule has 2 aromatic rings. The first kappa shape index (κ1) is 13.9. The minimum Gasteiger partial charge on any atom is -0.361 e. The summed E-state index contributed by atoms with van der Waals surface area (Å²) >= 11 is 0. The molecule has 1 aliphatic carbocycles. The Morgan fingerprint density at radius 1 is 1.33 bits per heavy atom. The average molecular weight is 284 g/mol. The highest BCUT2D eigenvalue weighted by Crippen LogP contribution is 2.48. The summed E-state index contributed by atoms with van der Waals surface area (Å²) in [6.07, 6.45) is 0.953. The van der Waals surface area contributed by atoms with Gasteiger partial charge in [-0.1, -0.05) is 35.5 Å². The van der Waals surface area contributed by atoms with Gasteiger partial charge in [-0.05, 0) is 31.7 Å². The molecule has 4 heteroatoms. The maximum atomic E-state index is 12.5. The van der Waals surface area contributed by atoms with Gasteiger partial charge in [-0.2, -0.15) is 0 Å². The largest absolute Gasteiger partial charge is 0.361 e. The van der Waals surface area contributed by atoms with Crippen LogP contribution in [0.4, 0.5) is 0 Å². The van der Waals surface area contributed by atoms with Gasteiger partial charge in [-0.25, -0.2) is 0 Å². The van der Waals surface area contributed by atoms with E-state index in [1.807, 2.05) is 39.1 Å². The zero-order chi connectivity index (χ0) is 15.0.